The second kappa shape index (κ2) is 7.94. The fourth-order valence-electron chi connectivity index (χ4n) is 2.98. The monoisotopic (exact) mass is 426 g/mol. The van der Waals surface area contributed by atoms with Crippen LogP contribution in [-0.4, -0.2) is 63.8 Å². The number of rotatable bonds is 7. The third kappa shape index (κ3) is 3.64. The predicted octanol–water partition coefficient (Wildman–Crippen LogP) is 0.565. The fraction of sp³-hybridized carbons (Fsp3) is 0.412. The number of nitrogens with zero attached hydrogens (tertiary/aromatic N) is 1. The molecule has 9 nitrogen and oxygen atoms in total. The van der Waals surface area contributed by atoms with Gasteiger partial charge in [0, 0.05) is 30.7 Å². The number of carboxylic acids is 1. The van der Waals surface area contributed by atoms with Crippen LogP contribution in [0.4, 0.5) is 0 Å². The molecule has 2 N–H and O–H groups in total. The number of nitrogens with one attached hydrogen (secondary N) is 1. The predicted molar refractivity (Wildman–Crippen MR) is 100 cm³/mol. The first kappa shape index (κ1) is 20.4. The number of carbonyl (C=O) groups is 4. The second-order valence-electron chi connectivity index (χ2n) is 6.15. The maximum Gasteiger partial charge on any atom is 0.321 e. The quantitative estimate of drug-likeness (QED) is 0.369. The molecule has 1 fully saturated rings. The molecule has 2 unspecified atom stereocenters. The summed E-state index contributed by atoms with van der Waals surface area (Å²) in [7, 11) is 1.29. The smallest absolute Gasteiger partial charge is 0.321 e. The van der Waals surface area contributed by atoms with Crippen molar-refractivity contribution in [2.24, 2.45) is 0 Å². The first-order valence-corrected chi connectivity index (χ1v) is 10.0. The summed E-state index contributed by atoms with van der Waals surface area (Å²) in [5.41, 5.74) is -1.37. The third-order valence-electron chi connectivity index (χ3n) is 4.29. The van der Waals surface area contributed by atoms with Gasteiger partial charge >= 0.3 is 11.9 Å². The van der Waals surface area contributed by atoms with Gasteiger partial charge in [0.15, 0.2) is 0 Å². The van der Waals surface area contributed by atoms with Crippen LogP contribution in [0.25, 0.3) is 0 Å². The number of hydrogen-bond donors (Lipinski definition) is 2. The van der Waals surface area contributed by atoms with E-state index in [1.165, 1.54) is 36.5 Å². The van der Waals surface area contributed by atoms with Crippen LogP contribution >= 0.6 is 23.1 Å². The lowest BCUT2D eigenvalue weighted by Gasteiger charge is -2.55. The van der Waals surface area contributed by atoms with Crippen molar-refractivity contribution in [1.29, 1.82) is 0 Å². The van der Waals surface area contributed by atoms with Gasteiger partial charge in [0.25, 0.3) is 11.6 Å². The van der Waals surface area contributed by atoms with Gasteiger partial charge in [-0.05, 0) is 11.4 Å². The largest absolute Gasteiger partial charge is 0.480 e. The molecule has 3 heterocycles. The molecule has 0 saturated carbocycles. The van der Waals surface area contributed by atoms with Crippen LogP contribution in [0.1, 0.15) is 11.8 Å². The van der Waals surface area contributed by atoms with Crippen LogP contribution in [0.3, 0.4) is 0 Å². The zero-order valence-electron chi connectivity index (χ0n) is 15.0. The van der Waals surface area contributed by atoms with E-state index in [1.54, 1.807) is 6.07 Å². The van der Waals surface area contributed by atoms with Crippen molar-refractivity contribution in [3.63, 3.8) is 0 Å². The molecule has 2 aliphatic rings. The van der Waals surface area contributed by atoms with Crippen LogP contribution in [0.5, 0.6) is 0 Å². The van der Waals surface area contributed by atoms with Crippen molar-refractivity contribution >= 4 is 46.9 Å². The molecule has 2 amide bonds. The molecule has 2 aliphatic heterocycles. The lowest BCUT2D eigenvalue weighted by molar-refractivity contribution is -0.189. The Morgan fingerprint density at radius 3 is 2.71 bits per heavy atom. The van der Waals surface area contributed by atoms with Gasteiger partial charge in [-0.1, -0.05) is 6.07 Å². The molecule has 3 atom stereocenters. The van der Waals surface area contributed by atoms with Gasteiger partial charge in [0.05, 0.1) is 6.42 Å². The number of amides is 2. The normalized spacial score (nSPS) is 26.0. The number of ether oxygens (including phenoxy) is 2. The van der Waals surface area contributed by atoms with Crippen molar-refractivity contribution in [1.82, 2.24) is 10.2 Å². The lowest BCUT2D eigenvalue weighted by atomic mass is 10.0. The van der Waals surface area contributed by atoms with Crippen molar-refractivity contribution in [3.8, 4) is 0 Å². The molecule has 11 heteroatoms. The van der Waals surface area contributed by atoms with E-state index >= 15 is 0 Å². The Balaban J connectivity index is 1.79. The zero-order chi connectivity index (χ0) is 20.5. The summed E-state index contributed by atoms with van der Waals surface area (Å²) in [6, 6.07) is 3.62. The van der Waals surface area contributed by atoms with Crippen molar-refractivity contribution < 1.29 is 33.8 Å². The maximum absolute atomic E-state index is 12.7. The topological polar surface area (TPSA) is 122 Å². The first-order chi connectivity index (χ1) is 13.3. The van der Waals surface area contributed by atoms with Gasteiger partial charge in [-0.3, -0.25) is 24.1 Å². The van der Waals surface area contributed by atoms with E-state index in [2.05, 4.69) is 5.32 Å². The van der Waals surface area contributed by atoms with Crippen molar-refractivity contribution in [2.75, 3.05) is 13.7 Å². The lowest BCUT2D eigenvalue weighted by Crippen LogP contribution is -2.80. The van der Waals surface area contributed by atoms with Gasteiger partial charge in [-0.15, -0.1) is 23.1 Å². The number of aliphatic carboxylic acids is 1. The average molecular weight is 426 g/mol. The number of thioether (sulfide) groups is 1. The molecule has 1 aromatic heterocycles. The Kier molecular flexibility index (Phi) is 5.77. The molecular formula is C17H18N2O7S2. The maximum atomic E-state index is 12.7. The van der Waals surface area contributed by atoms with Gasteiger partial charge in [-0.2, -0.15) is 0 Å². The van der Waals surface area contributed by atoms with Gasteiger partial charge in [0.2, 0.25) is 5.91 Å². The highest BCUT2D eigenvalue weighted by atomic mass is 32.2. The number of β-lactam (4-membered cyclic amide) rings is 1. The minimum absolute atomic E-state index is 0.0867. The fourth-order valence-corrected chi connectivity index (χ4v) is 5.09. The van der Waals surface area contributed by atoms with E-state index in [-0.39, 0.29) is 18.6 Å². The van der Waals surface area contributed by atoms with Crippen molar-refractivity contribution in [2.45, 2.75) is 29.7 Å². The molecule has 3 rings (SSSR count). The molecule has 28 heavy (non-hydrogen) atoms. The molecule has 1 saturated heterocycles. The highest BCUT2D eigenvalue weighted by Gasteiger charge is 2.65. The number of hydrogen-bond acceptors (Lipinski definition) is 8. The van der Waals surface area contributed by atoms with E-state index in [0.717, 1.165) is 16.6 Å². The van der Waals surface area contributed by atoms with Crippen LogP contribution in [0, 0.1) is 0 Å². The summed E-state index contributed by atoms with van der Waals surface area (Å²) in [6.45, 7) is 0.976. The Morgan fingerprint density at radius 2 is 2.14 bits per heavy atom. The van der Waals surface area contributed by atoms with Gasteiger partial charge in [-0.25, -0.2) is 0 Å². The van der Waals surface area contributed by atoms with E-state index in [0.29, 0.717) is 0 Å². The van der Waals surface area contributed by atoms with Gasteiger partial charge in [0.1, 0.15) is 17.2 Å². The number of fused-ring (bicyclic) bond motifs is 1. The summed E-state index contributed by atoms with van der Waals surface area (Å²) < 4.78 is 10.2. The molecule has 0 aliphatic carbocycles. The van der Waals surface area contributed by atoms with Crippen LogP contribution < -0.4 is 5.32 Å². The zero-order valence-corrected chi connectivity index (χ0v) is 16.7. The molecular weight excluding hydrogens is 408 g/mol. The standard InChI is InChI=1S/C17H18N2O7S2/c1-9(20)26-8-10-7-19-15(24)17(25-2,16(19)28-13(10)14(22)23)18-12(21)6-11-4-3-5-27-11/h3-5,7,13,16H,6,8H2,1-2H3,(H,18,21)(H,22,23)/t13?,16-,17?/m1/s1. The van der Waals surface area contributed by atoms with E-state index < -0.39 is 40.1 Å². The minimum Gasteiger partial charge on any atom is -0.480 e. The number of carboxylic acid groups (broad SMARTS) is 1. The van der Waals surface area contributed by atoms with E-state index in [9.17, 15) is 24.3 Å². The summed E-state index contributed by atoms with van der Waals surface area (Å²) in [5, 5.41) is 12.2. The molecule has 150 valence electrons. The third-order valence-corrected chi connectivity index (χ3v) is 6.76. The number of thiophene rings is 1. The molecule has 0 aromatic carbocycles. The van der Waals surface area contributed by atoms with Crippen molar-refractivity contribution in [3.05, 3.63) is 34.2 Å². The molecule has 0 bridgehead atoms. The van der Waals surface area contributed by atoms with E-state index in [1.807, 2.05) is 11.4 Å². The highest BCUT2D eigenvalue weighted by molar-refractivity contribution is 8.01. The number of carbonyl (C=O) groups excluding carboxylic acids is 3. The second-order valence-corrected chi connectivity index (χ2v) is 8.37. The number of esters is 1. The van der Waals surface area contributed by atoms with E-state index in [4.69, 9.17) is 9.47 Å². The Morgan fingerprint density at radius 1 is 1.39 bits per heavy atom. The van der Waals surface area contributed by atoms with Crippen LogP contribution in [-0.2, 0) is 35.1 Å². The summed E-state index contributed by atoms with van der Waals surface area (Å²) in [5.74, 6) is -2.62. The summed E-state index contributed by atoms with van der Waals surface area (Å²) in [4.78, 5) is 49.9. The highest BCUT2D eigenvalue weighted by Crippen LogP contribution is 2.46. The first-order valence-electron chi connectivity index (χ1n) is 8.22. The average Bonchev–Trinajstić information content (AvgIpc) is 3.16. The summed E-state index contributed by atoms with van der Waals surface area (Å²) in [6.07, 6.45) is 1.44. The Labute approximate surface area is 168 Å². The molecule has 0 spiro atoms. The van der Waals surface area contributed by atoms with Crippen LogP contribution in [0.2, 0.25) is 0 Å². The van der Waals surface area contributed by atoms with Gasteiger partial charge < -0.3 is 19.9 Å². The minimum atomic E-state index is -1.64. The molecule has 0 radical (unpaired) electrons. The SMILES string of the molecule is COC1(NC(=O)Cc2cccs2)C(=O)N2C=C(COC(C)=O)C(C(=O)O)S[C@@H]21. The summed E-state index contributed by atoms with van der Waals surface area (Å²) >= 11 is 2.36. The molecule has 1 aromatic rings. The van der Waals surface area contributed by atoms with Crippen LogP contribution in [0.15, 0.2) is 29.3 Å². The Hall–Kier alpha value is -2.37. The Bertz CT molecular complexity index is 839. The number of methoxy groups -OCH3 is 1.